The Hall–Kier alpha value is -3.32. The van der Waals surface area contributed by atoms with Gasteiger partial charge < -0.3 is 31.9 Å². The lowest BCUT2D eigenvalue weighted by atomic mass is 10.3. The highest BCUT2D eigenvalue weighted by atomic mass is 19.3. The maximum Gasteiger partial charge on any atom is 0.266 e. The number of anilines is 6. The Labute approximate surface area is 213 Å². The van der Waals surface area contributed by atoms with Crippen molar-refractivity contribution >= 4 is 35.2 Å². The molecule has 0 spiro atoms. The molecule has 0 unspecified atom stereocenters. The van der Waals surface area contributed by atoms with Crippen molar-refractivity contribution in [2.24, 2.45) is 5.92 Å². The van der Waals surface area contributed by atoms with Gasteiger partial charge in [0, 0.05) is 51.2 Å². The van der Waals surface area contributed by atoms with Crippen LogP contribution < -0.4 is 31.9 Å². The molecule has 2 aromatic heterocycles. The number of nitrogen functional groups attached to an aromatic ring is 2. The van der Waals surface area contributed by atoms with E-state index < -0.39 is 11.8 Å². The summed E-state index contributed by atoms with van der Waals surface area (Å²) < 4.78 is 52.7. The molecule has 0 atom stereocenters. The molecule has 0 radical (unpaired) electrons. The molecular weight excluding hydrogens is 492 g/mol. The number of alkyl halides is 4. The van der Waals surface area contributed by atoms with E-state index >= 15 is 0 Å². The summed E-state index contributed by atoms with van der Waals surface area (Å²) >= 11 is 0. The number of nitrogens with zero attached hydrogens (tertiary/aromatic N) is 6. The van der Waals surface area contributed by atoms with Gasteiger partial charge in [-0.2, -0.15) is 19.9 Å². The molecule has 2 aliphatic heterocycles. The highest BCUT2D eigenvalue weighted by Gasteiger charge is 2.39. The Kier molecular flexibility index (Phi) is 7.93. The summed E-state index contributed by atoms with van der Waals surface area (Å²) in [4.78, 5) is 19.2. The summed E-state index contributed by atoms with van der Waals surface area (Å²) in [5.74, 6) is -2.23. The molecule has 4 heterocycles. The maximum absolute atomic E-state index is 13.2. The lowest BCUT2D eigenvalue weighted by Gasteiger charge is -2.18. The third-order valence-electron chi connectivity index (χ3n) is 6.27. The summed E-state index contributed by atoms with van der Waals surface area (Å²) in [5.41, 5.74) is 11.2. The van der Waals surface area contributed by atoms with E-state index in [-0.39, 0.29) is 44.4 Å². The summed E-state index contributed by atoms with van der Waals surface area (Å²) in [7, 11) is 0. The maximum atomic E-state index is 13.2. The van der Waals surface area contributed by atoms with Crippen molar-refractivity contribution in [3.8, 4) is 0 Å². The van der Waals surface area contributed by atoms with Gasteiger partial charge in [-0.15, -0.1) is 0 Å². The van der Waals surface area contributed by atoms with Crippen molar-refractivity contribution in [2.75, 3.05) is 71.2 Å². The SMILES string of the molecule is CCCNc1cc(N2CCC(F)(F)C2)nc(N)n1.Nc1nc(NCC2CC2)cc(N2CCC(F)(F)C2)n1. The van der Waals surface area contributed by atoms with Gasteiger partial charge in [0.05, 0.1) is 13.1 Å². The van der Waals surface area contributed by atoms with E-state index in [9.17, 15) is 17.6 Å². The first-order valence-electron chi connectivity index (χ1n) is 12.5. The molecule has 2 aromatic rings. The summed E-state index contributed by atoms with van der Waals surface area (Å²) in [5, 5.41) is 6.26. The average molecular weight is 527 g/mol. The van der Waals surface area contributed by atoms with E-state index in [0.717, 1.165) is 19.5 Å². The summed E-state index contributed by atoms with van der Waals surface area (Å²) in [6, 6.07) is 3.35. The van der Waals surface area contributed by atoms with Crippen LogP contribution in [-0.2, 0) is 0 Å². The van der Waals surface area contributed by atoms with Crippen LogP contribution in [0, 0.1) is 5.92 Å². The number of nitrogens with two attached hydrogens (primary N) is 2. The minimum atomic E-state index is -2.64. The van der Waals surface area contributed by atoms with E-state index in [4.69, 9.17) is 11.5 Å². The number of hydrogen-bond donors (Lipinski definition) is 4. The predicted molar refractivity (Wildman–Crippen MR) is 136 cm³/mol. The standard InChI is InChI=1S/C12H17F2N5.C11H17F2N5/c13-12(14)3-4-19(7-12)10-5-9(17-11(15)18-10)16-6-8-1-2-8;1-2-4-15-8-6-9(17-10(14)16-8)18-5-3-11(12,13)7-18/h5,8H,1-4,6-7H2,(H3,15,16,17,18);6H,2-5,7H2,1H3,(H3,14,15,16,17). The quantitative estimate of drug-likeness (QED) is 0.379. The Balaban J connectivity index is 0.000000173. The van der Waals surface area contributed by atoms with Crippen LogP contribution in [0.4, 0.5) is 52.7 Å². The van der Waals surface area contributed by atoms with Crippen LogP contribution in [0.1, 0.15) is 39.0 Å². The molecule has 204 valence electrons. The van der Waals surface area contributed by atoms with Crippen LogP contribution in [0.15, 0.2) is 12.1 Å². The fraction of sp³-hybridized carbons (Fsp3) is 0.652. The van der Waals surface area contributed by atoms with Gasteiger partial charge in [-0.1, -0.05) is 6.92 Å². The first kappa shape index (κ1) is 26.7. The summed E-state index contributed by atoms with van der Waals surface area (Å²) in [6.45, 7) is 3.61. The number of aromatic nitrogens is 4. The van der Waals surface area contributed by atoms with Gasteiger partial charge in [-0.3, -0.25) is 0 Å². The molecule has 0 bridgehead atoms. The predicted octanol–water partition coefficient (Wildman–Crippen LogP) is 3.45. The minimum absolute atomic E-state index is 0.0984. The molecule has 1 aliphatic carbocycles. The van der Waals surface area contributed by atoms with Gasteiger partial charge >= 0.3 is 0 Å². The largest absolute Gasteiger partial charge is 0.370 e. The van der Waals surface area contributed by atoms with Crippen LogP contribution in [-0.4, -0.2) is 71.0 Å². The second kappa shape index (κ2) is 11.0. The number of rotatable bonds is 8. The van der Waals surface area contributed by atoms with Gasteiger partial charge in [0.15, 0.2) is 0 Å². The molecular formula is C23H34F4N10. The molecule has 3 aliphatic rings. The first-order chi connectivity index (χ1) is 17.5. The number of hydrogen-bond acceptors (Lipinski definition) is 10. The van der Waals surface area contributed by atoms with Gasteiger partial charge in [-0.05, 0) is 25.2 Å². The Morgan fingerprint density at radius 1 is 0.838 bits per heavy atom. The zero-order valence-corrected chi connectivity index (χ0v) is 20.9. The fourth-order valence-electron chi connectivity index (χ4n) is 4.10. The van der Waals surface area contributed by atoms with Crippen molar-refractivity contribution in [2.45, 2.75) is 50.9 Å². The van der Waals surface area contributed by atoms with Gasteiger partial charge in [0.1, 0.15) is 23.3 Å². The Bertz CT molecular complexity index is 1070. The lowest BCUT2D eigenvalue weighted by molar-refractivity contribution is 0.0249. The Morgan fingerprint density at radius 2 is 1.32 bits per heavy atom. The van der Waals surface area contributed by atoms with E-state index in [1.807, 2.05) is 6.92 Å². The molecule has 0 aromatic carbocycles. The van der Waals surface area contributed by atoms with Gasteiger partial charge in [0.2, 0.25) is 11.9 Å². The van der Waals surface area contributed by atoms with Gasteiger partial charge in [0.25, 0.3) is 11.8 Å². The monoisotopic (exact) mass is 526 g/mol. The molecule has 0 amide bonds. The van der Waals surface area contributed by atoms with Crippen LogP contribution in [0.25, 0.3) is 0 Å². The normalized spacial score (nSPS) is 19.9. The number of halogens is 4. The van der Waals surface area contributed by atoms with Crippen molar-refractivity contribution in [1.82, 2.24) is 19.9 Å². The molecule has 6 N–H and O–H groups in total. The average Bonchev–Trinajstić information content (AvgIpc) is 3.49. The molecule has 10 nitrogen and oxygen atoms in total. The third-order valence-corrected chi connectivity index (χ3v) is 6.27. The highest BCUT2D eigenvalue weighted by molar-refractivity contribution is 5.54. The van der Waals surface area contributed by atoms with Crippen molar-refractivity contribution in [3.63, 3.8) is 0 Å². The second-order valence-electron chi connectivity index (χ2n) is 9.75. The van der Waals surface area contributed by atoms with Crippen LogP contribution in [0.5, 0.6) is 0 Å². The topological polar surface area (TPSA) is 134 Å². The van der Waals surface area contributed by atoms with Crippen LogP contribution >= 0.6 is 0 Å². The second-order valence-corrected chi connectivity index (χ2v) is 9.75. The van der Waals surface area contributed by atoms with Crippen LogP contribution in [0.2, 0.25) is 0 Å². The smallest absolute Gasteiger partial charge is 0.266 e. The zero-order valence-electron chi connectivity index (χ0n) is 20.9. The molecule has 5 rings (SSSR count). The first-order valence-corrected chi connectivity index (χ1v) is 12.5. The van der Waals surface area contributed by atoms with Gasteiger partial charge in [-0.25, -0.2) is 17.6 Å². The number of nitrogens with one attached hydrogen (secondary N) is 2. The molecule has 1 saturated carbocycles. The van der Waals surface area contributed by atoms with E-state index in [1.165, 1.54) is 17.7 Å². The van der Waals surface area contributed by atoms with E-state index in [0.29, 0.717) is 35.7 Å². The zero-order chi connectivity index (χ0) is 26.6. The fourth-order valence-corrected chi connectivity index (χ4v) is 4.10. The van der Waals surface area contributed by atoms with E-state index in [1.54, 1.807) is 17.0 Å². The molecule has 14 heteroatoms. The lowest BCUT2D eigenvalue weighted by Crippen LogP contribution is -2.26. The molecule has 3 fully saturated rings. The van der Waals surface area contributed by atoms with Crippen molar-refractivity contribution < 1.29 is 17.6 Å². The summed E-state index contributed by atoms with van der Waals surface area (Å²) in [6.07, 6.45) is 3.13. The van der Waals surface area contributed by atoms with Crippen molar-refractivity contribution in [3.05, 3.63) is 12.1 Å². The highest BCUT2D eigenvalue weighted by Crippen LogP contribution is 2.33. The molecule has 37 heavy (non-hydrogen) atoms. The molecule has 2 saturated heterocycles. The van der Waals surface area contributed by atoms with Crippen molar-refractivity contribution in [1.29, 1.82) is 0 Å². The minimum Gasteiger partial charge on any atom is -0.370 e. The third kappa shape index (κ3) is 7.83. The van der Waals surface area contributed by atoms with Crippen LogP contribution in [0.3, 0.4) is 0 Å². The Morgan fingerprint density at radius 3 is 1.73 bits per heavy atom. The van der Waals surface area contributed by atoms with E-state index in [2.05, 4.69) is 30.6 Å².